The van der Waals surface area contributed by atoms with Gasteiger partial charge in [0.15, 0.2) is 0 Å². The van der Waals surface area contributed by atoms with Crippen molar-refractivity contribution in [1.82, 2.24) is 4.90 Å². The Hall–Kier alpha value is -1.90. The number of allylic oxidation sites excluding steroid dienone is 1. The van der Waals surface area contributed by atoms with Crippen molar-refractivity contribution in [2.24, 2.45) is 40.9 Å². The second-order valence-corrected chi connectivity index (χ2v) is 17.7. The van der Waals surface area contributed by atoms with Gasteiger partial charge in [0.25, 0.3) is 10.1 Å². The number of carbonyl (C=O) groups excluding carboxylic acids is 1. The molecule has 6 aliphatic rings. The summed E-state index contributed by atoms with van der Waals surface area (Å²) in [4.78, 5) is 15.6. The van der Waals surface area contributed by atoms with Crippen molar-refractivity contribution in [3.63, 3.8) is 0 Å². The summed E-state index contributed by atoms with van der Waals surface area (Å²) < 4.78 is 42.3. The Labute approximate surface area is 270 Å². The summed E-state index contributed by atoms with van der Waals surface area (Å²) in [5.74, 6) is 3.12. The molecule has 1 aromatic carbocycles. The maximum atomic E-state index is 13.6. The first-order valence-corrected chi connectivity index (χ1v) is 19.4. The highest BCUT2D eigenvalue weighted by molar-refractivity contribution is 7.86. The van der Waals surface area contributed by atoms with Crippen LogP contribution in [0.1, 0.15) is 97.5 Å². The molecule has 4 aliphatic carbocycles. The van der Waals surface area contributed by atoms with Crippen molar-refractivity contribution in [2.45, 2.75) is 122 Å². The summed E-state index contributed by atoms with van der Waals surface area (Å²) in [6.07, 6.45) is 11.4. The number of carbonyl (C=O) groups is 1. The van der Waals surface area contributed by atoms with E-state index in [1.807, 2.05) is 35.2 Å². The third kappa shape index (κ3) is 5.69. The van der Waals surface area contributed by atoms with E-state index in [1.165, 1.54) is 31.1 Å². The highest BCUT2D eigenvalue weighted by Crippen LogP contribution is 2.65. The fraction of sp³-hybridized carbons (Fsp3) is 0.757. The van der Waals surface area contributed by atoms with Crippen LogP contribution >= 0.6 is 0 Å². The number of benzene rings is 1. The third-order valence-corrected chi connectivity index (χ3v) is 14.1. The lowest BCUT2D eigenvalue weighted by Crippen LogP contribution is -2.54. The van der Waals surface area contributed by atoms with Gasteiger partial charge in [-0.05, 0) is 112 Å². The summed E-state index contributed by atoms with van der Waals surface area (Å²) >= 11 is 0. The molecule has 0 unspecified atom stereocenters. The molecule has 7 nitrogen and oxygen atoms in total. The number of nitrogens with zero attached hydrogens (tertiary/aromatic N) is 1. The molecule has 2 aliphatic heterocycles. The van der Waals surface area contributed by atoms with E-state index < -0.39 is 10.1 Å². The standard InChI is InChI=1S/C37H53NO6S/c1-23-17-33-34(38(21-23)35(39)42-22-26-9-7-6-8-10-26)25(3)37(43-33)16-14-29-30-12-11-27-18-28(44-45(5,40)41)13-15-36(27,4)32(30)19-31(29)24(2)20-37/h6-10,23,25,27-30,32-34H,11-22H2,1-5H3/t23-,25+,27+,28-,29-,30-,32-,33+,34-,36-,37-/m0/s1. The zero-order valence-corrected chi connectivity index (χ0v) is 28.7. The van der Waals surface area contributed by atoms with E-state index in [-0.39, 0.29) is 41.3 Å². The fourth-order valence-corrected chi connectivity index (χ4v) is 12.0. The molecule has 7 rings (SSSR count). The van der Waals surface area contributed by atoms with Crippen molar-refractivity contribution in [3.8, 4) is 0 Å². The summed E-state index contributed by atoms with van der Waals surface area (Å²) in [7, 11) is -3.43. The SMILES string of the molecule is CC1=C2C[C@H]3[C@@H](CC[C@@H]4C[C@@H](OS(C)(=O)=O)CC[C@@]43C)[C@@H]2CC[C@@]2(C1)O[C@@H]1C[C@H](C)CN(C(=O)OCc3ccccc3)[C@H]1[C@H]2C. The van der Waals surface area contributed by atoms with Crippen molar-refractivity contribution >= 4 is 16.2 Å². The smallest absolute Gasteiger partial charge is 0.410 e. The van der Waals surface area contributed by atoms with Gasteiger partial charge in [0.2, 0.25) is 0 Å². The minimum absolute atomic E-state index is 0.0478. The highest BCUT2D eigenvalue weighted by atomic mass is 32.2. The Morgan fingerprint density at radius 1 is 1.07 bits per heavy atom. The molecule has 3 saturated carbocycles. The molecule has 11 atom stereocenters. The van der Waals surface area contributed by atoms with Gasteiger partial charge in [0, 0.05) is 12.5 Å². The van der Waals surface area contributed by atoms with Gasteiger partial charge in [-0.2, -0.15) is 8.42 Å². The molecule has 1 amide bonds. The van der Waals surface area contributed by atoms with Gasteiger partial charge in [0.05, 0.1) is 30.1 Å². The predicted molar refractivity (Wildman–Crippen MR) is 174 cm³/mol. The number of hydrogen-bond donors (Lipinski definition) is 0. The minimum atomic E-state index is -3.43. The van der Waals surface area contributed by atoms with Gasteiger partial charge < -0.3 is 14.4 Å². The molecule has 0 bridgehead atoms. The Morgan fingerprint density at radius 2 is 1.84 bits per heavy atom. The second kappa shape index (κ2) is 11.7. The molecule has 1 aromatic rings. The van der Waals surface area contributed by atoms with Gasteiger partial charge in [0.1, 0.15) is 6.61 Å². The quantitative estimate of drug-likeness (QED) is 0.251. The number of piperidine rings is 1. The lowest BCUT2D eigenvalue weighted by molar-refractivity contribution is -0.0820. The zero-order valence-electron chi connectivity index (χ0n) is 27.9. The van der Waals surface area contributed by atoms with Crippen LogP contribution in [0.3, 0.4) is 0 Å². The monoisotopic (exact) mass is 639 g/mol. The summed E-state index contributed by atoms with van der Waals surface area (Å²) in [6.45, 7) is 10.5. The van der Waals surface area contributed by atoms with Crippen molar-refractivity contribution in [2.75, 3.05) is 12.8 Å². The molecule has 0 radical (unpaired) electrons. The third-order valence-electron chi connectivity index (χ3n) is 13.5. The van der Waals surface area contributed by atoms with E-state index in [1.54, 1.807) is 5.57 Å². The number of amides is 1. The van der Waals surface area contributed by atoms with Crippen LogP contribution in [-0.2, 0) is 30.4 Å². The lowest BCUT2D eigenvalue weighted by atomic mass is 9.52. The van der Waals surface area contributed by atoms with E-state index in [2.05, 4.69) is 27.7 Å². The maximum absolute atomic E-state index is 13.6. The van der Waals surface area contributed by atoms with E-state index >= 15 is 0 Å². The number of fused-ring (bicyclic) bond motifs is 6. The summed E-state index contributed by atoms with van der Waals surface area (Å²) in [5.41, 5.74) is 4.24. The zero-order chi connectivity index (χ0) is 31.7. The van der Waals surface area contributed by atoms with E-state index in [0.717, 1.165) is 57.1 Å². The minimum Gasteiger partial charge on any atom is -0.445 e. The molecule has 1 spiro atoms. The molecule has 2 saturated heterocycles. The van der Waals surface area contributed by atoms with Gasteiger partial charge in [-0.25, -0.2) is 4.79 Å². The van der Waals surface area contributed by atoms with E-state index in [0.29, 0.717) is 36.2 Å². The summed E-state index contributed by atoms with van der Waals surface area (Å²) in [6, 6.07) is 9.98. The maximum Gasteiger partial charge on any atom is 0.410 e. The van der Waals surface area contributed by atoms with Crippen LogP contribution in [0.5, 0.6) is 0 Å². The first-order valence-electron chi connectivity index (χ1n) is 17.6. The van der Waals surface area contributed by atoms with Crippen LogP contribution in [0.25, 0.3) is 0 Å². The molecule has 0 aromatic heterocycles. The number of hydrogen-bond acceptors (Lipinski definition) is 6. The number of rotatable bonds is 4. The van der Waals surface area contributed by atoms with Crippen LogP contribution in [0.2, 0.25) is 0 Å². The molecule has 248 valence electrons. The van der Waals surface area contributed by atoms with E-state index in [9.17, 15) is 13.2 Å². The fourth-order valence-electron chi connectivity index (χ4n) is 11.4. The van der Waals surface area contributed by atoms with Gasteiger partial charge in [-0.15, -0.1) is 0 Å². The van der Waals surface area contributed by atoms with Gasteiger partial charge >= 0.3 is 6.09 Å². The average molecular weight is 640 g/mol. The van der Waals surface area contributed by atoms with Crippen LogP contribution in [-0.4, -0.2) is 56.1 Å². The molecular formula is C37H53NO6S. The van der Waals surface area contributed by atoms with Crippen LogP contribution < -0.4 is 0 Å². The molecule has 2 heterocycles. The van der Waals surface area contributed by atoms with Gasteiger partial charge in [-0.1, -0.05) is 62.2 Å². The lowest BCUT2D eigenvalue weighted by Gasteiger charge is -2.54. The van der Waals surface area contributed by atoms with Crippen LogP contribution in [0.15, 0.2) is 41.5 Å². The molecule has 45 heavy (non-hydrogen) atoms. The van der Waals surface area contributed by atoms with Crippen molar-refractivity contribution in [3.05, 3.63) is 47.0 Å². The first kappa shape index (κ1) is 31.7. The van der Waals surface area contributed by atoms with Crippen LogP contribution in [0, 0.1) is 40.9 Å². The van der Waals surface area contributed by atoms with E-state index in [4.69, 9.17) is 13.7 Å². The normalized spacial score (nSPS) is 42.9. The largest absolute Gasteiger partial charge is 0.445 e. The predicted octanol–water partition coefficient (Wildman–Crippen LogP) is 7.51. The number of likely N-dealkylation sites (tertiary alicyclic amines) is 1. The van der Waals surface area contributed by atoms with Crippen LogP contribution in [0.4, 0.5) is 4.79 Å². The summed E-state index contributed by atoms with van der Waals surface area (Å²) in [5, 5.41) is 0. The van der Waals surface area contributed by atoms with Gasteiger partial charge in [-0.3, -0.25) is 4.18 Å². The Balaban J connectivity index is 1.08. The molecular weight excluding hydrogens is 586 g/mol. The Morgan fingerprint density at radius 3 is 2.60 bits per heavy atom. The second-order valence-electron chi connectivity index (χ2n) is 16.1. The molecule has 5 fully saturated rings. The Bertz CT molecular complexity index is 1430. The molecule has 8 heteroatoms. The van der Waals surface area contributed by atoms with Crippen molar-refractivity contribution < 1.29 is 26.9 Å². The van der Waals surface area contributed by atoms with Crippen molar-refractivity contribution in [1.29, 1.82) is 0 Å². The average Bonchev–Trinajstić information content (AvgIpc) is 3.45. The first-order chi connectivity index (χ1) is 21.4. The Kier molecular flexibility index (Phi) is 8.21. The number of ether oxygens (including phenoxy) is 2. The highest BCUT2D eigenvalue weighted by Gasteiger charge is 2.61. The molecule has 0 N–H and O–H groups in total. The topological polar surface area (TPSA) is 82.1 Å².